The summed E-state index contributed by atoms with van der Waals surface area (Å²) in [7, 11) is 4.39. The van der Waals surface area contributed by atoms with E-state index in [4.69, 9.17) is 9.47 Å². The van der Waals surface area contributed by atoms with Crippen LogP contribution in [-0.4, -0.2) is 49.3 Å². The molecule has 0 aliphatic carbocycles. The van der Waals surface area contributed by atoms with E-state index in [-0.39, 0.29) is 5.69 Å². The minimum absolute atomic E-state index is 0.0645. The van der Waals surface area contributed by atoms with Crippen LogP contribution < -0.4 is 4.74 Å². The van der Waals surface area contributed by atoms with Gasteiger partial charge in [-0.3, -0.25) is 10.1 Å². The molecule has 1 atom stereocenters. The fraction of sp³-hybridized carbons (Fsp3) is 0.407. The summed E-state index contributed by atoms with van der Waals surface area (Å²) in [6, 6.07) is 16.7. The second-order valence-electron chi connectivity index (χ2n) is 9.05. The molecule has 0 aliphatic rings. The molecule has 33 heavy (non-hydrogen) atoms. The molecule has 0 amide bonds. The molecule has 0 saturated heterocycles. The largest absolute Gasteiger partial charge is 0.488 e. The molecule has 0 heterocycles. The van der Waals surface area contributed by atoms with Gasteiger partial charge in [0.2, 0.25) is 0 Å². The molecule has 2 rings (SSSR count). The van der Waals surface area contributed by atoms with Gasteiger partial charge in [-0.25, -0.2) is 0 Å². The SMILES string of the molecule is C=C(C)C(CC/C(C)=C/COCc1ccccc1)[N+](C)(C)CCOc1ccc([N+](=O)[O-])cc1. The lowest BCUT2D eigenvalue weighted by Gasteiger charge is -2.38. The Morgan fingerprint density at radius 2 is 1.79 bits per heavy atom. The van der Waals surface area contributed by atoms with Crippen molar-refractivity contribution in [1.82, 2.24) is 0 Å². The first-order valence-electron chi connectivity index (χ1n) is 11.3. The van der Waals surface area contributed by atoms with E-state index in [0.717, 1.165) is 29.4 Å². The van der Waals surface area contributed by atoms with Gasteiger partial charge < -0.3 is 14.0 Å². The second-order valence-corrected chi connectivity index (χ2v) is 9.05. The molecular weight excluding hydrogens is 416 g/mol. The van der Waals surface area contributed by atoms with E-state index >= 15 is 0 Å². The fourth-order valence-corrected chi connectivity index (χ4v) is 3.83. The lowest BCUT2D eigenvalue weighted by molar-refractivity contribution is -0.910. The topological polar surface area (TPSA) is 61.6 Å². The number of rotatable bonds is 14. The second kappa shape index (κ2) is 12.9. The molecule has 6 nitrogen and oxygen atoms in total. The van der Waals surface area contributed by atoms with E-state index < -0.39 is 4.92 Å². The summed E-state index contributed by atoms with van der Waals surface area (Å²) in [6.07, 6.45) is 4.15. The summed E-state index contributed by atoms with van der Waals surface area (Å²) in [5, 5.41) is 10.8. The van der Waals surface area contributed by atoms with Crippen LogP contribution in [0.5, 0.6) is 5.75 Å². The van der Waals surface area contributed by atoms with Gasteiger partial charge in [-0.15, -0.1) is 0 Å². The highest BCUT2D eigenvalue weighted by Gasteiger charge is 2.28. The number of benzene rings is 2. The van der Waals surface area contributed by atoms with Crippen LogP contribution in [0.25, 0.3) is 0 Å². The zero-order valence-electron chi connectivity index (χ0n) is 20.3. The average molecular weight is 454 g/mol. The summed E-state index contributed by atoms with van der Waals surface area (Å²) in [6.45, 7) is 11.0. The lowest BCUT2D eigenvalue weighted by atomic mass is 9.98. The van der Waals surface area contributed by atoms with E-state index in [1.54, 1.807) is 12.1 Å². The third-order valence-corrected chi connectivity index (χ3v) is 5.87. The Hall–Kier alpha value is -2.96. The number of quaternary nitrogens is 1. The zero-order chi connectivity index (χ0) is 24.3. The highest BCUT2D eigenvalue weighted by molar-refractivity contribution is 5.35. The van der Waals surface area contributed by atoms with Gasteiger partial charge in [0.15, 0.2) is 0 Å². The van der Waals surface area contributed by atoms with Crippen molar-refractivity contribution in [1.29, 1.82) is 0 Å². The summed E-state index contributed by atoms with van der Waals surface area (Å²) in [4.78, 5) is 10.4. The Morgan fingerprint density at radius 1 is 1.12 bits per heavy atom. The number of nitro groups is 1. The van der Waals surface area contributed by atoms with Gasteiger partial charge in [-0.05, 0) is 43.5 Å². The number of ether oxygens (including phenoxy) is 2. The molecule has 0 radical (unpaired) electrons. The molecule has 1 unspecified atom stereocenters. The smallest absolute Gasteiger partial charge is 0.269 e. The van der Waals surface area contributed by atoms with E-state index in [9.17, 15) is 10.1 Å². The van der Waals surface area contributed by atoms with Crippen LogP contribution in [0.15, 0.2) is 78.4 Å². The van der Waals surface area contributed by atoms with Crippen LogP contribution in [-0.2, 0) is 11.3 Å². The third-order valence-electron chi connectivity index (χ3n) is 5.87. The van der Waals surface area contributed by atoms with E-state index in [0.29, 0.717) is 31.6 Å². The van der Waals surface area contributed by atoms with Gasteiger partial charge in [-0.2, -0.15) is 0 Å². The minimum Gasteiger partial charge on any atom is -0.488 e. The third kappa shape index (κ3) is 9.20. The number of likely N-dealkylation sites (N-methyl/N-ethyl adjacent to an activating group) is 1. The molecule has 0 bridgehead atoms. The maximum Gasteiger partial charge on any atom is 0.269 e. The van der Waals surface area contributed by atoms with E-state index in [1.165, 1.54) is 23.3 Å². The molecule has 0 spiro atoms. The van der Waals surface area contributed by atoms with Gasteiger partial charge in [0, 0.05) is 18.6 Å². The first kappa shape index (κ1) is 26.3. The maximum atomic E-state index is 10.8. The number of nitro benzene ring substituents is 1. The van der Waals surface area contributed by atoms with Gasteiger partial charge in [0.05, 0.1) is 32.2 Å². The van der Waals surface area contributed by atoms with Crippen molar-refractivity contribution < 1.29 is 18.9 Å². The summed E-state index contributed by atoms with van der Waals surface area (Å²) >= 11 is 0. The van der Waals surface area contributed by atoms with Gasteiger partial charge in [0.1, 0.15) is 24.9 Å². The Bertz CT molecular complexity index is 921. The van der Waals surface area contributed by atoms with Crippen molar-refractivity contribution in [2.45, 2.75) is 39.3 Å². The lowest BCUT2D eigenvalue weighted by Crippen LogP contribution is -2.51. The van der Waals surface area contributed by atoms with Crippen LogP contribution >= 0.6 is 0 Å². The number of hydrogen-bond acceptors (Lipinski definition) is 4. The summed E-state index contributed by atoms with van der Waals surface area (Å²) < 4.78 is 12.4. The quantitative estimate of drug-likeness (QED) is 0.117. The van der Waals surface area contributed by atoms with Crippen LogP contribution in [0.4, 0.5) is 5.69 Å². The predicted octanol–water partition coefficient (Wildman–Crippen LogP) is 5.94. The normalized spacial score (nSPS) is 12.9. The monoisotopic (exact) mass is 453 g/mol. The van der Waals surface area contributed by atoms with Gasteiger partial charge in [0.25, 0.3) is 5.69 Å². The molecule has 0 aromatic heterocycles. The average Bonchev–Trinajstić information content (AvgIpc) is 2.77. The number of nitrogens with zero attached hydrogens (tertiary/aromatic N) is 2. The number of allylic oxidation sites excluding steroid dienone is 1. The van der Waals surface area contributed by atoms with Crippen LogP contribution in [0, 0.1) is 10.1 Å². The van der Waals surface area contributed by atoms with Crippen LogP contribution in [0.3, 0.4) is 0 Å². The standard InChI is InChI=1S/C27H37N2O4/c1-22(2)27(16-11-23(3)17-19-32-21-24-9-7-6-8-10-24)29(4,5)18-20-33-26-14-12-25(13-15-26)28(30)31/h6-10,12-15,17,27H,1,11,16,18-21H2,2-5H3/q+1/b23-17+. The predicted molar refractivity (Wildman–Crippen MR) is 133 cm³/mol. The fourth-order valence-electron chi connectivity index (χ4n) is 3.83. The van der Waals surface area contributed by atoms with Crippen molar-refractivity contribution >= 4 is 5.69 Å². The molecule has 0 fully saturated rings. The Balaban J connectivity index is 1.80. The van der Waals surface area contributed by atoms with Crippen LogP contribution in [0.1, 0.15) is 32.3 Å². The highest BCUT2D eigenvalue weighted by atomic mass is 16.6. The molecule has 2 aromatic carbocycles. The Kier molecular flexibility index (Phi) is 10.3. The summed E-state index contributed by atoms with van der Waals surface area (Å²) in [5.41, 5.74) is 3.72. The molecule has 2 aromatic rings. The van der Waals surface area contributed by atoms with E-state index in [2.05, 4.69) is 52.7 Å². The summed E-state index contributed by atoms with van der Waals surface area (Å²) in [5.74, 6) is 0.641. The first-order valence-corrected chi connectivity index (χ1v) is 11.3. The molecule has 0 aliphatic heterocycles. The van der Waals surface area contributed by atoms with Crippen molar-refractivity contribution in [2.24, 2.45) is 0 Å². The maximum absolute atomic E-state index is 10.8. The highest BCUT2D eigenvalue weighted by Crippen LogP contribution is 2.23. The Labute approximate surface area is 197 Å². The molecule has 0 N–H and O–H groups in total. The van der Waals surface area contributed by atoms with E-state index in [1.807, 2.05) is 18.2 Å². The first-order chi connectivity index (χ1) is 15.7. The Morgan fingerprint density at radius 3 is 2.39 bits per heavy atom. The van der Waals surface area contributed by atoms with Gasteiger partial charge in [-0.1, -0.05) is 48.6 Å². The number of non-ortho nitro benzene ring substituents is 1. The van der Waals surface area contributed by atoms with Crippen LogP contribution in [0.2, 0.25) is 0 Å². The van der Waals surface area contributed by atoms with Gasteiger partial charge >= 0.3 is 0 Å². The molecule has 6 heteroatoms. The molecule has 0 saturated carbocycles. The molecular formula is C27H37N2O4+. The zero-order valence-corrected chi connectivity index (χ0v) is 20.3. The van der Waals surface area contributed by atoms with Crippen molar-refractivity contribution in [3.8, 4) is 5.75 Å². The van der Waals surface area contributed by atoms with Crippen molar-refractivity contribution in [3.05, 3.63) is 94.1 Å². The molecule has 178 valence electrons. The van der Waals surface area contributed by atoms with Crippen molar-refractivity contribution in [2.75, 3.05) is 33.9 Å². The minimum atomic E-state index is -0.410. The number of hydrogen-bond donors (Lipinski definition) is 0. The van der Waals surface area contributed by atoms with Crippen molar-refractivity contribution in [3.63, 3.8) is 0 Å².